The number of carbonyl (C=O) groups excluding carboxylic acids is 1. The Morgan fingerprint density at radius 3 is 2.15 bits per heavy atom. The van der Waals surface area contributed by atoms with Gasteiger partial charge in [0.1, 0.15) is 5.75 Å². The second-order valence-corrected chi connectivity index (χ2v) is 8.64. The lowest BCUT2D eigenvalue weighted by molar-refractivity contribution is 0.0498. The van der Waals surface area contributed by atoms with E-state index in [0.29, 0.717) is 17.9 Å². The van der Waals surface area contributed by atoms with Crippen molar-refractivity contribution in [3.63, 3.8) is 0 Å². The molecule has 0 aliphatic carbocycles. The summed E-state index contributed by atoms with van der Waals surface area (Å²) in [5, 5.41) is 9.52. The van der Waals surface area contributed by atoms with Crippen molar-refractivity contribution in [1.29, 1.82) is 0 Å². The number of hydrogen-bond acceptors (Lipinski definition) is 3. The molecule has 3 aromatic rings. The molecule has 0 fully saturated rings. The van der Waals surface area contributed by atoms with E-state index in [-0.39, 0.29) is 5.97 Å². The molecule has 0 radical (unpaired) electrons. The molecule has 0 aliphatic heterocycles. The number of carbonyl (C=O) groups is 1. The van der Waals surface area contributed by atoms with Gasteiger partial charge in [-0.2, -0.15) is 0 Å². The first-order valence-electron chi connectivity index (χ1n) is 12.7. The van der Waals surface area contributed by atoms with Crippen LogP contribution in [-0.4, -0.2) is 17.7 Å². The van der Waals surface area contributed by atoms with Gasteiger partial charge in [-0.1, -0.05) is 107 Å². The molecule has 3 aromatic carbocycles. The Hall–Kier alpha value is -3.07. The summed E-state index contributed by atoms with van der Waals surface area (Å²) in [5.74, 6) is 0.221. The molecule has 0 saturated carbocycles. The molecule has 0 spiro atoms. The van der Waals surface area contributed by atoms with Crippen LogP contribution in [0.4, 0.5) is 0 Å². The highest BCUT2D eigenvalue weighted by molar-refractivity contribution is 5.97. The summed E-state index contributed by atoms with van der Waals surface area (Å²) in [7, 11) is 0. The Labute approximate surface area is 205 Å². The SMILES string of the molecule is CCCCCCCOC(=O)c1ccccc1-c1ccccc1.CCCCc1c(C)cccc1O. The van der Waals surface area contributed by atoms with E-state index in [1.54, 1.807) is 6.07 Å². The first-order valence-corrected chi connectivity index (χ1v) is 12.7. The molecule has 0 unspecified atom stereocenters. The number of esters is 1. The molecular formula is C31H40O3. The first kappa shape index (κ1) is 27.2. The zero-order chi connectivity index (χ0) is 24.6. The van der Waals surface area contributed by atoms with Gasteiger partial charge in [0.25, 0.3) is 0 Å². The number of hydrogen-bond donors (Lipinski definition) is 1. The van der Waals surface area contributed by atoms with E-state index in [9.17, 15) is 9.90 Å². The van der Waals surface area contributed by atoms with Crippen molar-refractivity contribution in [3.8, 4) is 16.9 Å². The Kier molecular flexibility index (Phi) is 12.6. The van der Waals surface area contributed by atoms with E-state index in [1.807, 2.05) is 73.7 Å². The zero-order valence-corrected chi connectivity index (χ0v) is 21.1. The van der Waals surface area contributed by atoms with Gasteiger partial charge < -0.3 is 9.84 Å². The Morgan fingerprint density at radius 1 is 0.765 bits per heavy atom. The highest BCUT2D eigenvalue weighted by Crippen LogP contribution is 2.24. The van der Waals surface area contributed by atoms with Gasteiger partial charge in [-0.05, 0) is 60.6 Å². The second-order valence-electron chi connectivity index (χ2n) is 8.64. The highest BCUT2D eigenvalue weighted by atomic mass is 16.5. The molecular weight excluding hydrogens is 420 g/mol. The number of unbranched alkanes of at least 4 members (excludes halogenated alkanes) is 5. The molecule has 0 aromatic heterocycles. The molecule has 0 atom stereocenters. The van der Waals surface area contributed by atoms with Gasteiger partial charge in [-0.25, -0.2) is 4.79 Å². The third-order valence-electron chi connectivity index (χ3n) is 5.88. The number of phenols is 1. The number of phenolic OH excluding ortho intramolecular Hbond substituents is 1. The zero-order valence-electron chi connectivity index (χ0n) is 21.1. The van der Waals surface area contributed by atoms with E-state index in [0.717, 1.165) is 42.4 Å². The van der Waals surface area contributed by atoms with Crippen molar-refractivity contribution in [3.05, 3.63) is 89.5 Å². The average molecular weight is 461 g/mol. The van der Waals surface area contributed by atoms with Crippen LogP contribution in [0.2, 0.25) is 0 Å². The number of ether oxygens (including phenoxy) is 1. The third kappa shape index (κ3) is 9.05. The summed E-state index contributed by atoms with van der Waals surface area (Å²) in [4.78, 5) is 12.3. The highest BCUT2D eigenvalue weighted by Gasteiger charge is 2.13. The second kappa shape index (κ2) is 15.7. The monoisotopic (exact) mass is 460 g/mol. The van der Waals surface area contributed by atoms with Crippen molar-refractivity contribution in [2.24, 2.45) is 0 Å². The van der Waals surface area contributed by atoms with Gasteiger partial charge in [0.05, 0.1) is 12.2 Å². The van der Waals surface area contributed by atoms with Crippen LogP contribution >= 0.6 is 0 Å². The fourth-order valence-corrected chi connectivity index (χ4v) is 3.84. The van der Waals surface area contributed by atoms with E-state index < -0.39 is 0 Å². The molecule has 3 heteroatoms. The van der Waals surface area contributed by atoms with E-state index in [2.05, 4.69) is 13.8 Å². The topological polar surface area (TPSA) is 46.5 Å². The summed E-state index contributed by atoms with van der Waals surface area (Å²) >= 11 is 0. The van der Waals surface area contributed by atoms with Crippen LogP contribution in [0, 0.1) is 6.92 Å². The van der Waals surface area contributed by atoms with Crippen LogP contribution in [0.15, 0.2) is 72.8 Å². The number of aromatic hydroxyl groups is 1. The average Bonchev–Trinajstić information content (AvgIpc) is 2.87. The maximum atomic E-state index is 12.3. The molecule has 3 nitrogen and oxygen atoms in total. The summed E-state index contributed by atoms with van der Waals surface area (Å²) in [5.41, 5.74) is 4.92. The molecule has 3 rings (SSSR count). The van der Waals surface area contributed by atoms with Gasteiger partial charge in [-0.3, -0.25) is 0 Å². The quantitative estimate of drug-likeness (QED) is 0.230. The Bertz CT molecular complexity index is 959. The smallest absolute Gasteiger partial charge is 0.338 e. The molecule has 0 saturated heterocycles. The summed E-state index contributed by atoms with van der Waals surface area (Å²) in [6, 6.07) is 23.3. The predicted octanol–water partition coefficient (Wildman–Crippen LogP) is 8.52. The number of benzene rings is 3. The molecule has 34 heavy (non-hydrogen) atoms. The predicted molar refractivity (Wildman–Crippen MR) is 142 cm³/mol. The maximum Gasteiger partial charge on any atom is 0.338 e. The van der Waals surface area contributed by atoms with E-state index >= 15 is 0 Å². The first-order chi connectivity index (χ1) is 16.6. The van der Waals surface area contributed by atoms with Crippen molar-refractivity contribution >= 4 is 5.97 Å². The number of aryl methyl sites for hydroxylation is 1. The Morgan fingerprint density at radius 2 is 1.44 bits per heavy atom. The van der Waals surface area contributed by atoms with Crippen molar-refractivity contribution < 1.29 is 14.6 Å². The van der Waals surface area contributed by atoms with Crippen LogP contribution in [0.25, 0.3) is 11.1 Å². The largest absolute Gasteiger partial charge is 0.508 e. The lowest BCUT2D eigenvalue weighted by atomic mass is 10.00. The van der Waals surface area contributed by atoms with Crippen molar-refractivity contribution in [2.45, 2.75) is 72.1 Å². The minimum Gasteiger partial charge on any atom is -0.508 e. The van der Waals surface area contributed by atoms with Gasteiger partial charge in [0.2, 0.25) is 0 Å². The summed E-state index contributed by atoms with van der Waals surface area (Å²) in [6.07, 6.45) is 9.09. The lowest BCUT2D eigenvalue weighted by Crippen LogP contribution is -2.08. The molecule has 0 bridgehead atoms. The third-order valence-corrected chi connectivity index (χ3v) is 5.88. The van der Waals surface area contributed by atoms with Crippen molar-refractivity contribution in [2.75, 3.05) is 6.61 Å². The van der Waals surface area contributed by atoms with Gasteiger partial charge in [0.15, 0.2) is 0 Å². The fourth-order valence-electron chi connectivity index (χ4n) is 3.84. The molecule has 182 valence electrons. The molecule has 0 amide bonds. The maximum absolute atomic E-state index is 12.3. The summed E-state index contributed by atoms with van der Waals surface area (Å²) < 4.78 is 5.43. The molecule has 0 heterocycles. The van der Waals surface area contributed by atoms with Crippen LogP contribution in [0.3, 0.4) is 0 Å². The van der Waals surface area contributed by atoms with E-state index in [1.165, 1.54) is 31.2 Å². The van der Waals surface area contributed by atoms with Gasteiger partial charge in [0, 0.05) is 0 Å². The molecule has 1 N–H and O–H groups in total. The normalized spacial score (nSPS) is 10.3. The van der Waals surface area contributed by atoms with E-state index in [4.69, 9.17) is 4.74 Å². The van der Waals surface area contributed by atoms with Gasteiger partial charge >= 0.3 is 5.97 Å². The lowest BCUT2D eigenvalue weighted by Gasteiger charge is -2.10. The summed E-state index contributed by atoms with van der Waals surface area (Å²) in [6.45, 7) is 6.91. The Balaban J connectivity index is 0.000000287. The minimum absolute atomic E-state index is 0.227. The minimum atomic E-state index is -0.227. The van der Waals surface area contributed by atoms with Crippen LogP contribution in [0.5, 0.6) is 5.75 Å². The van der Waals surface area contributed by atoms with Crippen LogP contribution in [0.1, 0.15) is 80.3 Å². The van der Waals surface area contributed by atoms with Crippen LogP contribution in [-0.2, 0) is 11.2 Å². The standard InChI is InChI=1S/C20H24O2.C11H16O/c1-2-3-4-5-11-16-22-20(21)19-15-10-9-14-18(19)17-12-7-6-8-13-17;1-3-4-7-10-9(2)6-5-8-11(10)12/h6-10,12-15H,2-5,11,16H2,1H3;5-6,8,12H,3-4,7H2,1-2H3. The molecule has 0 aliphatic rings. The van der Waals surface area contributed by atoms with Crippen molar-refractivity contribution in [1.82, 2.24) is 0 Å². The number of rotatable bonds is 11. The fraction of sp³-hybridized carbons (Fsp3) is 0.387. The van der Waals surface area contributed by atoms with Gasteiger partial charge in [-0.15, -0.1) is 0 Å². The van der Waals surface area contributed by atoms with Crippen LogP contribution < -0.4 is 0 Å².